The summed E-state index contributed by atoms with van der Waals surface area (Å²) in [5.41, 5.74) is 1.96. The summed E-state index contributed by atoms with van der Waals surface area (Å²) >= 11 is 0. The summed E-state index contributed by atoms with van der Waals surface area (Å²) in [5, 5.41) is 7.59. The third-order valence-electron chi connectivity index (χ3n) is 3.35. The van der Waals surface area contributed by atoms with Crippen LogP contribution in [-0.4, -0.2) is 35.1 Å². The Morgan fingerprint density at radius 3 is 2.50 bits per heavy atom. The van der Waals surface area contributed by atoms with E-state index < -0.39 is 18.3 Å². The van der Waals surface area contributed by atoms with Crippen LogP contribution in [0.15, 0.2) is 16.5 Å². The maximum atomic E-state index is 13.0. The first-order valence-electron chi connectivity index (χ1n) is 7.80. The number of amides is 1. The zero-order valence-corrected chi connectivity index (χ0v) is 18.2. The van der Waals surface area contributed by atoms with Crippen LogP contribution >= 0.6 is 0 Å². The van der Waals surface area contributed by atoms with Gasteiger partial charge in [-0.25, -0.2) is 9.69 Å². The minimum absolute atomic E-state index is 0. The molecule has 1 atom stereocenters. The molecule has 8 nitrogen and oxygen atoms in total. The van der Waals surface area contributed by atoms with Crippen molar-refractivity contribution in [1.82, 2.24) is 10.2 Å². The average Bonchev–Trinajstić information content (AvgIpc) is 2.93. The fourth-order valence-electron chi connectivity index (χ4n) is 2.23. The number of anilines is 1. The normalized spacial score (nSPS) is 11.3. The van der Waals surface area contributed by atoms with E-state index in [4.69, 9.17) is 13.9 Å². The van der Waals surface area contributed by atoms with Gasteiger partial charge < -0.3 is 13.9 Å². The van der Waals surface area contributed by atoms with E-state index in [0.29, 0.717) is 11.1 Å². The number of ether oxygens (including phenoxy) is 2. The van der Waals surface area contributed by atoms with E-state index in [0.717, 1.165) is 10.5 Å². The molecule has 26 heavy (non-hydrogen) atoms. The molecule has 0 aliphatic heterocycles. The van der Waals surface area contributed by atoms with Crippen LogP contribution in [0.2, 0.25) is 0 Å². The molecular weight excluding hydrogens is 415 g/mol. The molecule has 0 saturated carbocycles. The van der Waals surface area contributed by atoms with Gasteiger partial charge in [0, 0.05) is 39.6 Å². The van der Waals surface area contributed by atoms with Crippen molar-refractivity contribution in [2.45, 2.75) is 40.8 Å². The SMILES string of the molecule is CCOC(=O)OC(C)N(C(=O)c1ccc(C)[c-]c1C)c1nnc(C)o1.[Y]. The second-order valence-corrected chi connectivity index (χ2v) is 5.36. The van der Waals surface area contributed by atoms with E-state index in [1.165, 1.54) is 6.92 Å². The van der Waals surface area contributed by atoms with E-state index in [-0.39, 0.29) is 51.2 Å². The fourth-order valence-corrected chi connectivity index (χ4v) is 2.23. The molecule has 0 saturated heterocycles. The van der Waals surface area contributed by atoms with Crippen molar-refractivity contribution in [2.24, 2.45) is 0 Å². The van der Waals surface area contributed by atoms with Gasteiger partial charge in [-0.2, -0.15) is 29.3 Å². The molecular formula is C17H20N3O5Y-. The molecule has 137 valence electrons. The maximum absolute atomic E-state index is 13.0. The molecule has 0 spiro atoms. The minimum atomic E-state index is -1.01. The topological polar surface area (TPSA) is 94.8 Å². The van der Waals surface area contributed by atoms with Gasteiger partial charge in [-0.15, -0.1) is 5.10 Å². The average molecular weight is 435 g/mol. The number of hydrogen-bond donors (Lipinski definition) is 0. The molecule has 9 heteroatoms. The molecule has 1 aromatic heterocycles. The molecule has 1 unspecified atom stereocenters. The summed E-state index contributed by atoms with van der Waals surface area (Å²) in [4.78, 5) is 25.7. The Balaban J connectivity index is 0.00000338. The van der Waals surface area contributed by atoms with Gasteiger partial charge in [0.15, 0.2) is 6.23 Å². The van der Waals surface area contributed by atoms with Crippen LogP contribution in [-0.2, 0) is 42.2 Å². The van der Waals surface area contributed by atoms with Crippen LogP contribution in [0.4, 0.5) is 10.8 Å². The summed E-state index contributed by atoms with van der Waals surface area (Å²) in [5.74, 6) is -0.169. The molecule has 0 fully saturated rings. The number of carbonyl (C=O) groups is 2. The molecule has 0 aliphatic rings. The van der Waals surface area contributed by atoms with Gasteiger partial charge in [0.25, 0.3) is 0 Å². The second kappa shape index (κ2) is 9.78. The first-order valence-corrected chi connectivity index (χ1v) is 7.80. The van der Waals surface area contributed by atoms with E-state index in [1.807, 2.05) is 6.92 Å². The van der Waals surface area contributed by atoms with Crippen LogP contribution in [0, 0.1) is 26.8 Å². The number of rotatable bonds is 5. The van der Waals surface area contributed by atoms with Gasteiger partial charge in [0.05, 0.1) is 6.61 Å². The zero-order chi connectivity index (χ0) is 18.6. The summed E-state index contributed by atoms with van der Waals surface area (Å²) in [6.45, 7) is 8.58. The monoisotopic (exact) mass is 435 g/mol. The smallest absolute Gasteiger partial charge is 0.435 e. The first-order chi connectivity index (χ1) is 11.8. The predicted molar refractivity (Wildman–Crippen MR) is 88.2 cm³/mol. The standard InChI is InChI=1S/C17H20N3O5.Y/c1-6-23-17(22)25-13(5)20(16-19-18-12(4)24-16)15(21)14-8-7-10(2)9-11(14)3;/h7-8,13H,6H2,1-5H3;/q-1;. The Kier molecular flexibility index (Phi) is 8.37. The van der Waals surface area contributed by atoms with Crippen LogP contribution in [0.25, 0.3) is 0 Å². The molecule has 0 N–H and O–H groups in total. The third kappa shape index (κ3) is 5.35. The quantitative estimate of drug-likeness (QED) is 0.405. The maximum Gasteiger partial charge on any atom is 0.510 e. The van der Waals surface area contributed by atoms with Crippen LogP contribution in [0.3, 0.4) is 0 Å². The molecule has 2 rings (SSSR count). The summed E-state index contributed by atoms with van der Waals surface area (Å²) in [6.07, 6.45) is -1.90. The van der Waals surface area contributed by atoms with Gasteiger partial charge in [0.2, 0.25) is 11.8 Å². The van der Waals surface area contributed by atoms with Gasteiger partial charge in [-0.1, -0.05) is 24.5 Å². The number of aryl methyl sites for hydroxylation is 3. The number of nitrogens with zero attached hydrogens (tertiary/aromatic N) is 3. The largest absolute Gasteiger partial charge is 0.510 e. The van der Waals surface area contributed by atoms with Crippen molar-refractivity contribution in [3.8, 4) is 0 Å². The van der Waals surface area contributed by atoms with E-state index in [1.54, 1.807) is 32.9 Å². The molecule has 1 heterocycles. The molecule has 2 aromatic rings. The number of carbonyl (C=O) groups excluding carboxylic acids is 2. The minimum Gasteiger partial charge on any atom is -0.435 e. The van der Waals surface area contributed by atoms with Crippen molar-refractivity contribution in [3.63, 3.8) is 0 Å². The Hall–Kier alpha value is -1.80. The van der Waals surface area contributed by atoms with Gasteiger partial charge >= 0.3 is 12.2 Å². The zero-order valence-electron chi connectivity index (χ0n) is 15.4. The van der Waals surface area contributed by atoms with Crippen LogP contribution in [0.1, 0.15) is 41.2 Å². The van der Waals surface area contributed by atoms with Crippen molar-refractivity contribution >= 4 is 18.1 Å². The van der Waals surface area contributed by atoms with Crippen LogP contribution in [0.5, 0.6) is 0 Å². The third-order valence-corrected chi connectivity index (χ3v) is 3.35. The molecule has 0 bridgehead atoms. The van der Waals surface area contributed by atoms with Crippen molar-refractivity contribution < 1.29 is 56.2 Å². The molecule has 1 aromatic carbocycles. The fraction of sp³-hybridized carbons (Fsp3) is 0.412. The van der Waals surface area contributed by atoms with E-state index >= 15 is 0 Å². The molecule has 1 amide bonds. The van der Waals surface area contributed by atoms with Crippen molar-refractivity contribution in [1.29, 1.82) is 0 Å². The Morgan fingerprint density at radius 2 is 1.96 bits per heavy atom. The van der Waals surface area contributed by atoms with E-state index in [9.17, 15) is 9.59 Å². The number of benzene rings is 1. The number of hydrogen-bond acceptors (Lipinski definition) is 7. The number of aromatic nitrogens is 2. The van der Waals surface area contributed by atoms with E-state index in [2.05, 4.69) is 16.3 Å². The molecule has 0 aliphatic carbocycles. The van der Waals surface area contributed by atoms with Gasteiger partial charge in [-0.05, 0) is 13.8 Å². The van der Waals surface area contributed by atoms with Crippen molar-refractivity contribution in [3.05, 3.63) is 40.8 Å². The first kappa shape index (κ1) is 22.2. The predicted octanol–water partition coefficient (Wildman–Crippen LogP) is 2.96. The van der Waals surface area contributed by atoms with Gasteiger partial charge in [-0.3, -0.25) is 4.79 Å². The Morgan fingerprint density at radius 1 is 1.27 bits per heavy atom. The second-order valence-electron chi connectivity index (χ2n) is 5.36. The molecule has 1 radical (unpaired) electrons. The van der Waals surface area contributed by atoms with Gasteiger partial charge in [0.1, 0.15) is 0 Å². The Labute approximate surface area is 177 Å². The summed E-state index contributed by atoms with van der Waals surface area (Å²) in [6, 6.07) is 6.46. The van der Waals surface area contributed by atoms with Crippen molar-refractivity contribution in [2.75, 3.05) is 11.5 Å². The summed E-state index contributed by atoms with van der Waals surface area (Å²) in [7, 11) is 0. The Bertz CT molecular complexity index is 778. The van der Waals surface area contributed by atoms with Crippen LogP contribution < -0.4 is 4.90 Å². The summed E-state index contributed by atoms with van der Waals surface area (Å²) < 4.78 is 15.2.